The van der Waals surface area contributed by atoms with Gasteiger partial charge in [-0.25, -0.2) is 0 Å². The molecule has 1 amide bonds. The van der Waals surface area contributed by atoms with Crippen molar-refractivity contribution in [2.24, 2.45) is 0 Å². The summed E-state index contributed by atoms with van der Waals surface area (Å²) in [5.74, 6) is 1.45. The minimum absolute atomic E-state index is 0.000712. The number of fused-ring (bicyclic) bond motifs is 1. The highest BCUT2D eigenvalue weighted by molar-refractivity contribution is 6.02. The standard InChI is InChI=1S/C27H27NO3/c1-17(2)21-5-3-4-6-22(21)23-16-20(9-10-24(23)29)28-26(30)27(12-13-27)19-8-7-18-11-14-31-25(18)15-19/h3-10,15-17,29H,11-14H2,1-2H3,(H,28,30). The highest BCUT2D eigenvalue weighted by Gasteiger charge is 2.51. The number of carbonyl (C=O) groups excluding carboxylic acids is 1. The number of ether oxygens (including phenoxy) is 1. The maximum absolute atomic E-state index is 13.3. The summed E-state index contributed by atoms with van der Waals surface area (Å²) in [6.07, 6.45) is 2.60. The Morgan fingerprint density at radius 1 is 1.03 bits per heavy atom. The first kappa shape index (κ1) is 19.7. The minimum Gasteiger partial charge on any atom is -0.507 e. The molecule has 0 spiro atoms. The lowest BCUT2D eigenvalue weighted by molar-refractivity contribution is -0.118. The molecule has 2 N–H and O–H groups in total. The number of phenolic OH excluding ortho intramolecular Hbond substituents is 1. The third-order valence-electron chi connectivity index (χ3n) is 6.56. The molecule has 1 fully saturated rings. The lowest BCUT2D eigenvalue weighted by Crippen LogP contribution is -2.27. The number of hydrogen-bond donors (Lipinski definition) is 2. The summed E-state index contributed by atoms with van der Waals surface area (Å²) in [5.41, 5.74) is 5.33. The van der Waals surface area contributed by atoms with Crippen LogP contribution in [-0.4, -0.2) is 17.6 Å². The van der Waals surface area contributed by atoms with Crippen LogP contribution in [0, 0.1) is 0 Å². The number of anilines is 1. The molecule has 0 atom stereocenters. The van der Waals surface area contributed by atoms with Gasteiger partial charge in [0.1, 0.15) is 11.5 Å². The van der Waals surface area contributed by atoms with Crippen molar-refractivity contribution in [2.45, 2.75) is 44.4 Å². The van der Waals surface area contributed by atoms with E-state index in [1.54, 1.807) is 12.1 Å². The highest BCUT2D eigenvalue weighted by Crippen LogP contribution is 2.50. The van der Waals surface area contributed by atoms with Gasteiger partial charge in [0.25, 0.3) is 0 Å². The maximum Gasteiger partial charge on any atom is 0.235 e. The van der Waals surface area contributed by atoms with Crippen LogP contribution in [0.25, 0.3) is 11.1 Å². The van der Waals surface area contributed by atoms with Gasteiger partial charge in [-0.15, -0.1) is 0 Å². The van der Waals surface area contributed by atoms with Gasteiger partial charge in [-0.3, -0.25) is 4.79 Å². The summed E-state index contributed by atoms with van der Waals surface area (Å²) in [5, 5.41) is 13.6. The monoisotopic (exact) mass is 413 g/mol. The molecular weight excluding hydrogens is 386 g/mol. The lowest BCUT2D eigenvalue weighted by atomic mass is 9.91. The summed E-state index contributed by atoms with van der Waals surface area (Å²) >= 11 is 0. The lowest BCUT2D eigenvalue weighted by Gasteiger charge is -2.18. The fourth-order valence-corrected chi connectivity index (χ4v) is 4.56. The van der Waals surface area contributed by atoms with Crippen LogP contribution < -0.4 is 10.1 Å². The normalized spacial score (nSPS) is 16.0. The molecule has 158 valence electrons. The zero-order valence-corrected chi connectivity index (χ0v) is 17.9. The third-order valence-corrected chi connectivity index (χ3v) is 6.56. The van der Waals surface area contributed by atoms with E-state index in [0.29, 0.717) is 18.2 Å². The van der Waals surface area contributed by atoms with Crippen LogP contribution in [0.15, 0.2) is 60.7 Å². The Labute approximate surface area is 182 Å². The van der Waals surface area contributed by atoms with Crippen LogP contribution in [0.4, 0.5) is 5.69 Å². The molecular formula is C27H27NO3. The molecule has 3 aromatic rings. The van der Waals surface area contributed by atoms with Gasteiger partial charge in [0.15, 0.2) is 0 Å². The Morgan fingerprint density at radius 3 is 2.61 bits per heavy atom. The van der Waals surface area contributed by atoms with E-state index in [1.165, 1.54) is 5.56 Å². The zero-order chi connectivity index (χ0) is 21.6. The van der Waals surface area contributed by atoms with E-state index < -0.39 is 5.41 Å². The van der Waals surface area contributed by atoms with E-state index in [1.807, 2.05) is 30.3 Å². The zero-order valence-electron chi connectivity index (χ0n) is 17.9. The van der Waals surface area contributed by atoms with Crippen molar-refractivity contribution in [3.05, 3.63) is 77.4 Å². The molecule has 2 aliphatic rings. The predicted molar refractivity (Wildman–Crippen MR) is 123 cm³/mol. The molecule has 1 saturated carbocycles. The van der Waals surface area contributed by atoms with Gasteiger partial charge in [-0.2, -0.15) is 0 Å². The number of aromatic hydroxyl groups is 1. The highest BCUT2D eigenvalue weighted by atomic mass is 16.5. The van der Waals surface area contributed by atoms with E-state index in [0.717, 1.165) is 47.3 Å². The van der Waals surface area contributed by atoms with Crippen molar-refractivity contribution in [1.29, 1.82) is 0 Å². The van der Waals surface area contributed by atoms with Gasteiger partial charge in [0.2, 0.25) is 5.91 Å². The van der Waals surface area contributed by atoms with Crippen molar-refractivity contribution >= 4 is 11.6 Å². The minimum atomic E-state index is -0.491. The fraction of sp³-hybridized carbons (Fsp3) is 0.296. The number of rotatable bonds is 5. The molecule has 1 heterocycles. The van der Waals surface area contributed by atoms with Crippen molar-refractivity contribution in [3.8, 4) is 22.6 Å². The van der Waals surface area contributed by atoms with Gasteiger partial charge in [0.05, 0.1) is 12.0 Å². The number of phenols is 1. The third kappa shape index (κ3) is 3.46. The van der Waals surface area contributed by atoms with E-state index in [9.17, 15) is 9.90 Å². The van der Waals surface area contributed by atoms with Gasteiger partial charge in [-0.05, 0) is 65.3 Å². The second kappa shape index (κ2) is 7.45. The van der Waals surface area contributed by atoms with E-state index in [2.05, 4.69) is 37.4 Å². The van der Waals surface area contributed by atoms with Crippen molar-refractivity contribution in [1.82, 2.24) is 0 Å². The van der Waals surface area contributed by atoms with E-state index >= 15 is 0 Å². The van der Waals surface area contributed by atoms with Crippen LogP contribution in [0.3, 0.4) is 0 Å². The summed E-state index contributed by atoms with van der Waals surface area (Å²) < 4.78 is 5.71. The molecule has 31 heavy (non-hydrogen) atoms. The second-order valence-corrected chi connectivity index (χ2v) is 8.93. The SMILES string of the molecule is CC(C)c1ccccc1-c1cc(NC(=O)C2(c3ccc4c(c3)OCC4)CC2)ccc1O. The Hall–Kier alpha value is -3.27. The number of nitrogens with one attached hydrogen (secondary N) is 1. The molecule has 4 heteroatoms. The molecule has 0 radical (unpaired) electrons. The maximum atomic E-state index is 13.3. The van der Waals surface area contributed by atoms with E-state index in [-0.39, 0.29) is 11.7 Å². The van der Waals surface area contributed by atoms with Crippen molar-refractivity contribution in [2.75, 3.05) is 11.9 Å². The van der Waals surface area contributed by atoms with Gasteiger partial charge in [-0.1, -0.05) is 50.2 Å². The topological polar surface area (TPSA) is 58.6 Å². The number of amides is 1. The molecule has 4 nitrogen and oxygen atoms in total. The summed E-state index contributed by atoms with van der Waals surface area (Å²) in [6.45, 7) is 4.99. The molecule has 0 aromatic heterocycles. The largest absolute Gasteiger partial charge is 0.507 e. The van der Waals surface area contributed by atoms with Gasteiger partial charge < -0.3 is 15.2 Å². The summed E-state index contributed by atoms with van der Waals surface area (Å²) in [7, 11) is 0. The molecule has 1 aliphatic carbocycles. The van der Waals surface area contributed by atoms with Crippen LogP contribution in [0.2, 0.25) is 0 Å². The Balaban J connectivity index is 1.44. The van der Waals surface area contributed by atoms with Crippen LogP contribution in [0.1, 0.15) is 49.3 Å². The first-order chi connectivity index (χ1) is 15.0. The summed E-state index contributed by atoms with van der Waals surface area (Å²) in [6, 6.07) is 19.6. The first-order valence-corrected chi connectivity index (χ1v) is 11.0. The smallest absolute Gasteiger partial charge is 0.235 e. The van der Waals surface area contributed by atoms with Crippen molar-refractivity contribution < 1.29 is 14.6 Å². The fourth-order valence-electron chi connectivity index (χ4n) is 4.56. The van der Waals surface area contributed by atoms with Crippen LogP contribution >= 0.6 is 0 Å². The molecule has 3 aromatic carbocycles. The Morgan fingerprint density at radius 2 is 1.84 bits per heavy atom. The van der Waals surface area contributed by atoms with Crippen LogP contribution in [-0.2, 0) is 16.6 Å². The number of hydrogen-bond acceptors (Lipinski definition) is 3. The average Bonchev–Trinajstić information content (AvgIpc) is 3.46. The van der Waals surface area contributed by atoms with Gasteiger partial charge >= 0.3 is 0 Å². The number of benzene rings is 3. The molecule has 1 aliphatic heterocycles. The molecule has 5 rings (SSSR count). The quantitative estimate of drug-likeness (QED) is 0.521. The van der Waals surface area contributed by atoms with Crippen molar-refractivity contribution in [3.63, 3.8) is 0 Å². The first-order valence-electron chi connectivity index (χ1n) is 11.0. The Kier molecular flexibility index (Phi) is 4.73. The van der Waals surface area contributed by atoms with E-state index in [4.69, 9.17) is 4.74 Å². The number of carbonyl (C=O) groups is 1. The molecule has 0 unspecified atom stereocenters. The molecule has 0 saturated heterocycles. The second-order valence-electron chi connectivity index (χ2n) is 8.93. The molecule has 0 bridgehead atoms. The average molecular weight is 414 g/mol. The predicted octanol–water partition coefficient (Wildman–Crippen LogP) is 5.79. The van der Waals surface area contributed by atoms with Gasteiger partial charge in [0, 0.05) is 17.7 Å². The van der Waals surface area contributed by atoms with Crippen LogP contribution in [0.5, 0.6) is 11.5 Å². The summed E-state index contributed by atoms with van der Waals surface area (Å²) in [4.78, 5) is 13.3. The Bertz CT molecular complexity index is 1160.